The Kier molecular flexibility index (Phi) is 5.52. The maximum Gasteiger partial charge on any atom is 0.229 e. The minimum atomic E-state index is -0.301. The summed E-state index contributed by atoms with van der Waals surface area (Å²) in [5, 5.41) is 0. The van der Waals surface area contributed by atoms with Crippen LogP contribution in [0.1, 0.15) is 26.7 Å². The van der Waals surface area contributed by atoms with Crippen molar-refractivity contribution < 1.29 is 9.53 Å². The van der Waals surface area contributed by atoms with E-state index in [1.165, 1.54) is 0 Å². The Bertz CT molecular complexity index is 71.3. The molecule has 0 aromatic rings. The molecule has 0 saturated heterocycles. The first kappa shape index (κ1) is 8.63. The standard InChI is InChI=1S/C7H13O2/c1-3-5-9-7(4-2)6-8/h7H,3-5H2,1-2H3. The minimum Gasteiger partial charge on any atom is -0.370 e. The molecule has 0 aliphatic carbocycles. The van der Waals surface area contributed by atoms with Crippen LogP contribution in [0, 0.1) is 0 Å². The van der Waals surface area contributed by atoms with Crippen LogP contribution < -0.4 is 0 Å². The fraction of sp³-hybridized carbons (Fsp3) is 0.857. The molecule has 9 heavy (non-hydrogen) atoms. The fourth-order valence-electron chi connectivity index (χ4n) is 0.495. The summed E-state index contributed by atoms with van der Waals surface area (Å²) in [6.45, 7) is 4.58. The zero-order chi connectivity index (χ0) is 7.11. The third-order valence-corrected chi connectivity index (χ3v) is 1.03. The quantitative estimate of drug-likeness (QED) is 0.559. The van der Waals surface area contributed by atoms with Crippen molar-refractivity contribution in [1.29, 1.82) is 0 Å². The Morgan fingerprint density at radius 3 is 2.56 bits per heavy atom. The smallest absolute Gasteiger partial charge is 0.229 e. The van der Waals surface area contributed by atoms with Crippen LogP contribution in [0.3, 0.4) is 0 Å². The van der Waals surface area contributed by atoms with Gasteiger partial charge in [0.25, 0.3) is 0 Å². The van der Waals surface area contributed by atoms with Crippen molar-refractivity contribution in [2.75, 3.05) is 6.61 Å². The highest BCUT2D eigenvalue weighted by atomic mass is 16.5. The largest absolute Gasteiger partial charge is 0.370 e. The van der Waals surface area contributed by atoms with E-state index in [1.54, 1.807) is 0 Å². The van der Waals surface area contributed by atoms with Crippen LogP contribution in [0.2, 0.25) is 0 Å². The van der Waals surface area contributed by atoms with Crippen molar-refractivity contribution in [2.45, 2.75) is 32.8 Å². The van der Waals surface area contributed by atoms with Crippen molar-refractivity contribution in [2.24, 2.45) is 0 Å². The first-order chi connectivity index (χ1) is 4.35. The van der Waals surface area contributed by atoms with E-state index in [4.69, 9.17) is 4.74 Å². The second kappa shape index (κ2) is 5.76. The van der Waals surface area contributed by atoms with Crippen LogP contribution in [0.5, 0.6) is 0 Å². The van der Waals surface area contributed by atoms with Crippen molar-refractivity contribution in [1.82, 2.24) is 0 Å². The van der Waals surface area contributed by atoms with Crippen LogP contribution in [0.25, 0.3) is 0 Å². The number of ether oxygens (including phenoxy) is 1. The van der Waals surface area contributed by atoms with Gasteiger partial charge in [-0.15, -0.1) is 0 Å². The van der Waals surface area contributed by atoms with Gasteiger partial charge in [0.2, 0.25) is 6.29 Å². The Hall–Kier alpha value is -0.370. The van der Waals surface area contributed by atoms with Gasteiger partial charge in [-0.1, -0.05) is 13.8 Å². The average Bonchev–Trinajstić information content (AvgIpc) is 1.91. The number of carbonyl (C=O) groups excluding carboxylic acids is 1. The molecular formula is C7H13O2. The second-order valence-corrected chi connectivity index (χ2v) is 1.89. The van der Waals surface area contributed by atoms with Gasteiger partial charge in [0, 0.05) is 6.61 Å². The van der Waals surface area contributed by atoms with Gasteiger partial charge in [0.15, 0.2) is 0 Å². The second-order valence-electron chi connectivity index (χ2n) is 1.89. The van der Waals surface area contributed by atoms with Crippen LogP contribution in [0.15, 0.2) is 0 Å². The van der Waals surface area contributed by atoms with Gasteiger partial charge in [-0.3, -0.25) is 4.79 Å². The van der Waals surface area contributed by atoms with Crippen molar-refractivity contribution >= 4 is 6.29 Å². The van der Waals surface area contributed by atoms with E-state index < -0.39 is 0 Å². The summed E-state index contributed by atoms with van der Waals surface area (Å²) in [6.07, 6.45) is 3.20. The predicted octanol–water partition coefficient (Wildman–Crippen LogP) is 1.30. The molecule has 1 unspecified atom stereocenters. The molecule has 0 rings (SSSR count). The Morgan fingerprint density at radius 2 is 2.22 bits per heavy atom. The number of hydrogen-bond donors (Lipinski definition) is 0. The van der Waals surface area contributed by atoms with Crippen LogP contribution in [0.4, 0.5) is 0 Å². The van der Waals surface area contributed by atoms with E-state index >= 15 is 0 Å². The highest BCUT2D eigenvalue weighted by molar-refractivity contribution is 5.56. The van der Waals surface area contributed by atoms with Crippen molar-refractivity contribution in [3.8, 4) is 0 Å². The SMILES string of the molecule is CCCOC([C]=O)CC. The first-order valence-electron chi connectivity index (χ1n) is 3.34. The van der Waals surface area contributed by atoms with Crippen molar-refractivity contribution in [3.63, 3.8) is 0 Å². The van der Waals surface area contributed by atoms with Crippen LogP contribution in [-0.4, -0.2) is 19.0 Å². The summed E-state index contributed by atoms with van der Waals surface area (Å²) in [6, 6.07) is 0. The van der Waals surface area contributed by atoms with Gasteiger partial charge in [-0.25, -0.2) is 0 Å². The van der Waals surface area contributed by atoms with Crippen LogP contribution >= 0.6 is 0 Å². The molecule has 53 valence electrons. The Balaban J connectivity index is 3.20. The average molecular weight is 129 g/mol. The maximum atomic E-state index is 9.99. The van der Waals surface area contributed by atoms with Gasteiger partial charge in [0.1, 0.15) is 6.10 Å². The molecule has 2 heteroatoms. The van der Waals surface area contributed by atoms with E-state index in [0.717, 1.165) is 12.8 Å². The number of rotatable bonds is 5. The van der Waals surface area contributed by atoms with E-state index in [1.807, 2.05) is 20.1 Å². The molecule has 0 saturated carbocycles. The molecular weight excluding hydrogens is 116 g/mol. The zero-order valence-electron chi connectivity index (χ0n) is 6.02. The fourth-order valence-corrected chi connectivity index (χ4v) is 0.495. The van der Waals surface area contributed by atoms with E-state index in [2.05, 4.69) is 0 Å². The lowest BCUT2D eigenvalue weighted by molar-refractivity contribution is 0.0937. The summed E-state index contributed by atoms with van der Waals surface area (Å²) in [5.41, 5.74) is 0. The molecule has 0 bridgehead atoms. The summed E-state index contributed by atoms with van der Waals surface area (Å²) < 4.78 is 5.07. The third kappa shape index (κ3) is 4.15. The topological polar surface area (TPSA) is 26.3 Å². The molecule has 0 fully saturated rings. The monoisotopic (exact) mass is 129 g/mol. The van der Waals surface area contributed by atoms with Gasteiger partial charge in [-0.05, 0) is 12.8 Å². The number of hydrogen-bond acceptors (Lipinski definition) is 2. The lowest BCUT2D eigenvalue weighted by Crippen LogP contribution is -2.13. The van der Waals surface area contributed by atoms with Gasteiger partial charge in [-0.2, -0.15) is 0 Å². The van der Waals surface area contributed by atoms with E-state index in [0.29, 0.717) is 6.61 Å². The summed E-state index contributed by atoms with van der Waals surface area (Å²) >= 11 is 0. The molecule has 0 aromatic heterocycles. The predicted molar refractivity (Wildman–Crippen MR) is 36.0 cm³/mol. The lowest BCUT2D eigenvalue weighted by Gasteiger charge is -2.05. The molecule has 0 amide bonds. The molecule has 2 nitrogen and oxygen atoms in total. The molecule has 0 aliphatic heterocycles. The third-order valence-electron chi connectivity index (χ3n) is 1.03. The molecule has 0 heterocycles. The molecule has 1 radical (unpaired) electrons. The minimum absolute atomic E-state index is 0.301. The molecule has 0 aromatic carbocycles. The van der Waals surface area contributed by atoms with Crippen LogP contribution in [-0.2, 0) is 9.53 Å². The zero-order valence-corrected chi connectivity index (χ0v) is 6.02. The molecule has 1 atom stereocenters. The Labute approximate surface area is 56.2 Å². The van der Waals surface area contributed by atoms with E-state index in [9.17, 15) is 4.79 Å². The maximum absolute atomic E-state index is 9.99. The van der Waals surface area contributed by atoms with Gasteiger partial charge >= 0.3 is 0 Å². The van der Waals surface area contributed by atoms with Gasteiger partial charge in [0.05, 0.1) is 0 Å². The molecule has 0 N–H and O–H groups in total. The van der Waals surface area contributed by atoms with Gasteiger partial charge < -0.3 is 4.74 Å². The normalized spacial score (nSPS) is 13.1. The molecule has 0 spiro atoms. The van der Waals surface area contributed by atoms with E-state index in [-0.39, 0.29) is 6.10 Å². The van der Waals surface area contributed by atoms with Crippen molar-refractivity contribution in [3.05, 3.63) is 0 Å². The Morgan fingerprint density at radius 1 is 1.56 bits per heavy atom. The molecule has 0 aliphatic rings. The lowest BCUT2D eigenvalue weighted by atomic mass is 10.3. The first-order valence-corrected chi connectivity index (χ1v) is 3.34. The highest BCUT2D eigenvalue weighted by Crippen LogP contribution is 1.93. The summed E-state index contributed by atoms with van der Waals surface area (Å²) in [5.74, 6) is 0. The summed E-state index contributed by atoms with van der Waals surface area (Å²) in [7, 11) is 0. The highest BCUT2D eigenvalue weighted by Gasteiger charge is 2.02. The summed E-state index contributed by atoms with van der Waals surface area (Å²) in [4.78, 5) is 9.99.